The lowest BCUT2D eigenvalue weighted by Gasteiger charge is -2.07. The van der Waals surface area contributed by atoms with Crippen molar-refractivity contribution in [1.82, 2.24) is 4.72 Å². The van der Waals surface area contributed by atoms with Gasteiger partial charge >= 0.3 is 0 Å². The van der Waals surface area contributed by atoms with Crippen LogP contribution < -0.4 is 10.5 Å². The van der Waals surface area contributed by atoms with Crippen LogP contribution in [-0.4, -0.2) is 40.5 Å². The van der Waals surface area contributed by atoms with Crippen LogP contribution in [0.3, 0.4) is 0 Å². The Hall–Kier alpha value is -1.32. The van der Waals surface area contributed by atoms with Gasteiger partial charge in [-0.05, 0) is 18.2 Å². The predicted octanol–water partition coefficient (Wildman–Crippen LogP) is -0.703. The largest absolute Gasteiger partial charge is 0.506 e. The van der Waals surface area contributed by atoms with E-state index in [-0.39, 0.29) is 28.6 Å². The fourth-order valence-corrected chi connectivity index (χ4v) is 2.81. The van der Waals surface area contributed by atoms with Crippen LogP contribution in [0.4, 0.5) is 5.69 Å². The van der Waals surface area contributed by atoms with Crippen LogP contribution in [-0.2, 0) is 19.9 Å². The molecular formula is C9H14N2O5S2. The van der Waals surface area contributed by atoms with Crippen molar-refractivity contribution in [3.63, 3.8) is 0 Å². The Labute approximate surface area is 106 Å². The number of phenols is 1. The topological polar surface area (TPSA) is 127 Å². The summed E-state index contributed by atoms with van der Waals surface area (Å²) in [7, 11) is -7.06. The molecule has 0 aliphatic rings. The number of aromatic hydroxyl groups is 1. The number of rotatable bonds is 5. The molecule has 0 bridgehead atoms. The van der Waals surface area contributed by atoms with Crippen LogP contribution in [0, 0.1) is 0 Å². The number of phenolic OH excluding ortho intramolecular Hbond substituents is 1. The third-order valence-electron chi connectivity index (χ3n) is 2.07. The molecule has 0 saturated carbocycles. The van der Waals surface area contributed by atoms with Gasteiger partial charge in [0.1, 0.15) is 15.6 Å². The minimum Gasteiger partial charge on any atom is -0.506 e. The molecule has 0 radical (unpaired) electrons. The van der Waals surface area contributed by atoms with Gasteiger partial charge in [0, 0.05) is 12.8 Å². The third-order valence-corrected chi connectivity index (χ3v) is 4.48. The Morgan fingerprint density at radius 3 is 2.39 bits per heavy atom. The van der Waals surface area contributed by atoms with E-state index in [0.717, 1.165) is 18.4 Å². The maximum atomic E-state index is 11.7. The monoisotopic (exact) mass is 294 g/mol. The zero-order valence-electron chi connectivity index (χ0n) is 9.62. The van der Waals surface area contributed by atoms with Gasteiger partial charge in [-0.1, -0.05) is 0 Å². The summed E-state index contributed by atoms with van der Waals surface area (Å²) in [5.41, 5.74) is 5.31. The van der Waals surface area contributed by atoms with Crippen molar-refractivity contribution < 1.29 is 21.9 Å². The lowest BCUT2D eigenvalue weighted by molar-refractivity contribution is 0.477. The number of nitrogens with one attached hydrogen (secondary N) is 1. The van der Waals surface area contributed by atoms with Crippen molar-refractivity contribution in [3.8, 4) is 5.75 Å². The molecule has 0 aliphatic carbocycles. The Kier molecular flexibility index (Phi) is 4.20. The normalized spacial score (nSPS) is 12.5. The summed E-state index contributed by atoms with van der Waals surface area (Å²) in [6.45, 7) is -0.220. The van der Waals surface area contributed by atoms with Gasteiger partial charge in [0.25, 0.3) is 0 Å². The molecule has 0 heterocycles. The van der Waals surface area contributed by atoms with E-state index in [2.05, 4.69) is 4.72 Å². The smallest absolute Gasteiger partial charge is 0.240 e. The number of hydrogen-bond donors (Lipinski definition) is 3. The Bertz CT molecular complexity index is 637. The zero-order valence-corrected chi connectivity index (χ0v) is 11.3. The van der Waals surface area contributed by atoms with Crippen molar-refractivity contribution in [2.45, 2.75) is 4.90 Å². The van der Waals surface area contributed by atoms with Gasteiger partial charge in [0.15, 0.2) is 0 Å². The molecule has 0 amide bonds. The second-order valence-corrected chi connectivity index (χ2v) is 7.77. The lowest BCUT2D eigenvalue weighted by atomic mass is 10.3. The molecule has 0 spiro atoms. The van der Waals surface area contributed by atoms with E-state index < -0.39 is 19.9 Å². The van der Waals surface area contributed by atoms with Gasteiger partial charge in [-0.2, -0.15) is 0 Å². The summed E-state index contributed by atoms with van der Waals surface area (Å²) in [5.74, 6) is -0.509. The fourth-order valence-electron chi connectivity index (χ4n) is 1.14. The SMILES string of the molecule is CS(=O)(=O)CCNS(=O)(=O)c1ccc(O)c(N)c1. The van der Waals surface area contributed by atoms with Crippen molar-refractivity contribution in [2.75, 3.05) is 24.3 Å². The molecule has 1 aromatic rings. The molecule has 0 aromatic heterocycles. The van der Waals surface area contributed by atoms with Crippen LogP contribution in [0.15, 0.2) is 23.1 Å². The first-order valence-corrected chi connectivity index (χ1v) is 8.42. The summed E-state index contributed by atoms with van der Waals surface area (Å²) in [4.78, 5) is -0.133. The van der Waals surface area contributed by atoms with Crippen molar-refractivity contribution in [1.29, 1.82) is 0 Å². The maximum Gasteiger partial charge on any atom is 0.240 e. The number of sulfonamides is 1. The first-order chi connectivity index (χ1) is 8.12. The van der Waals surface area contributed by atoms with Crippen molar-refractivity contribution in [2.24, 2.45) is 0 Å². The van der Waals surface area contributed by atoms with E-state index in [1.54, 1.807) is 0 Å². The highest BCUT2D eigenvalue weighted by atomic mass is 32.2. The number of anilines is 1. The van der Waals surface area contributed by atoms with E-state index in [1.165, 1.54) is 6.07 Å². The van der Waals surface area contributed by atoms with Gasteiger partial charge < -0.3 is 10.8 Å². The number of sulfone groups is 1. The van der Waals surface area contributed by atoms with Crippen LogP contribution in [0.1, 0.15) is 0 Å². The van der Waals surface area contributed by atoms with Gasteiger partial charge in [-0.25, -0.2) is 21.6 Å². The average molecular weight is 294 g/mol. The molecule has 0 saturated heterocycles. The van der Waals surface area contributed by atoms with Gasteiger partial charge in [-0.15, -0.1) is 0 Å². The molecule has 9 heteroatoms. The summed E-state index contributed by atoms with van der Waals surface area (Å²) in [5, 5.41) is 9.17. The first kappa shape index (κ1) is 14.7. The Balaban J connectivity index is 2.84. The van der Waals surface area contributed by atoms with E-state index >= 15 is 0 Å². The second-order valence-electron chi connectivity index (χ2n) is 3.75. The number of nitrogen functional groups attached to an aromatic ring is 1. The van der Waals surface area contributed by atoms with Crippen molar-refractivity contribution >= 4 is 25.5 Å². The predicted molar refractivity (Wildman–Crippen MR) is 67.4 cm³/mol. The summed E-state index contributed by atoms with van der Waals surface area (Å²) >= 11 is 0. The van der Waals surface area contributed by atoms with Crippen molar-refractivity contribution in [3.05, 3.63) is 18.2 Å². The Morgan fingerprint density at radius 1 is 1.28 bits per heavy atom. The zero-order chi connectivity index (χ0) is 14.0. The molecule has 0 atom stereocenters. The fraction of sp³-hybridized carbons (Fsp3) is 0.333. The highest BCUT2D eigenvalue weighted by molar-refractivity contribution is 7.91. The van der Waals surface area contributed by atoms with E-state index in [4.69, 9.17) is 5.73 Å². The molecule has 18 heavy (non-hydrogen) atoms. The number of nitrogens with two attached hydrogens (primary N) is 1. The molecule has 0 fully saturated rings. The molecule has 0 unspecified atom stereocenters. The second kappa shape index (κ2) is 5.12. The van der Waals surface area contributed by atoms with E-state index in [0.29, 0.717) is 0 Å². The molecule has 7 nitrogen and oxygen atoms in total. The quantitative estimate of drug-likeness (QED) is 0.487. The molecule has 1 aromatic carbocycles. The van der Waals surface area contributed by atoms with Gasteiger partial charge in [0.05, 0.1) is 16.3 Å². The summed E-state index contributed by atoms with van der Waals surface area (Å²) in [6, 6.07) is 3.42. The molecule has 102 valence electrons. The van der Waals surface area contributed by atoms with Crippen LogP contribution in [0.2, 0.25) is 0 Å². The Morgan fingerprint density at radius 2 is 1.89 bits per heavy atom. The molecule has 1 rings (SSSR count). The third kappa shape index (κ3) is 4.17. The maximum absolute atomic E-state index is 11.7. The summed E-state index contributed by atoms with van der Waals surface area (Å²) in [6.07, 6.45) is 1.01. The lowest BCUT2D eigenvalue weighted by Crippen LogP contribution is -2.29. The molecule has 0 aliphatic heterocycles. The highest BCUT2D eigenvalue weighted by Gasteiger charge is 2.15. The van der Waals surface area contributed by atoms with Gasteiger partial charge in [-0.3, -0.25) is 0 Å². The van der Waals surface area contributed by atoms with E-state index in [9.17, 15) is 21.9 Å². The number of benzene rings is 1. The van der Waals surface area contributed by atoms with Crippen LogP contribution in [0.5, 0.6) is 5.75 Å². The minimum atomic E-state index is -3.83. The first-order valence-electron chi connectivity index (χ1n) is 4.88. The summed E-state index contributed by atoms with van der Waals surface area (Å²) < 4.78 is 47.3. The standard InChI is InChI=1S/C9H14N2O5S2/c1-17(13,14)5-4-11-18(15,16)7-2-3-9(12)8(10)6-7/h2-3,6,11-12H,4-5,10H2,1H3. The molecule has 4 N–H and O–H groups in total. The van der Waals surface area contributed by atoms with E-state index in [1.807, 2.05) is 0 Å². The van der Waals surface area contributed by atoms with Crippen LogP contribution >= 0.6 is 0 Å². The van der Waals surface area contributed by atoms with Crippen LogP contribution in [0.25, 0.3) is 0 Å². The minimum absolute atomic E-state index is 0.0685. The number of hydrogen-bond acceptors (Lipinski definition) is 6. The molecular weight excluding hydrogens is 280 g/mol. The van der Waals surface area contributed by atoms with Gasteiger partial charge in [0.2, 0.25) is 10.0 Å². The average Bonchev–Trinajstić information content (AvgIpc) is 2.19. The highest BCUT2D eigenvalue weighted by Crippen LogP contribution is 2.22.